The molecule has 1 heterocycles. The van der Waals surface area contributed by atoms with Gasteiger partial charge in [0.2, 0.25) is 0 Å². The average Bonchev–Trinajstić information content (AvgIpc) is 2.43. The van der Waals surface area contributed by atoms with Gasteiger partial charge in [-0.05, 0) is 11.1 Å². The lowest BCUT2D eigenvalue weighted by atomic mass is 10.1. The summed E-state index contributed by atoms with van der Waals surface area (Å²) in [5.41, 5.74) is 2.54. The van der Waals surface area contributed by atoms with Crippen molar-refractivity contribution in [2.75, 3.05) is 26.3 Å². The van der Waals surface area contributed by atoms with Gasteiger partial charge in [-0.15, -0.1) is 11.6 Å². The number of morpholine rings is 1. The molecule has 2 rings (SSSR count). The molecule has 0 amide bonds. The number of hydrogen-bond donors (Lipinski definition) is 0. The highest BCUT2D eigenvalue weighted by molar-refractivity contribution is 6.17. The van der Waals surface area contributed by atoms with E-state index < -0.39 is 0 Å². The van der Waals surface area contributed by atoms with Gasteiger partial charge in [0.05, 0.1) is 13.2 Å². The van der Waals surface area contributed by atoms with Gasteiger partial charge in [-0.25, -0.2) is 0 Å². The van der Waals surface area contributed by atoms with Gasteiger partial charge in [-0.3, -0.25) is 4.90 Å². The molecule has 1 fully saturated rings. The van der Waals surface area contributed by atoms with Gasteiger partial charge in [-0.1, -0.05) is 38.1 Å². The zero-order chi connectivity index (χ0) is 12.5. The van der Waals surface area contributed by atoms with Crippen molar-refractivity contribution in [2.24, 2.45) is 0 Å². The zero-order valence-corrected chi connectivity index (χ0v) is 11.5. The predicted molar refractivity (Wildman–Crippen MR) is 73.4 cm³/mol. The highest BCUT2D eigenvalue weighted by Crippen LogP contribution is 2.10. The molecule has 2 nitrogen and oxygen atoms in total. The Balaban J connectivity index is 0.000000686. The summed E-state index contributed by atoms with van der Waals surface area (Å²) < 4.78 is 5.31. The quantitative estimate of drug-likeness (QED) is 0.769. The van der Waals surface area contributed by atoms with Crippen LogP contribution < -0.4 is 0 Å². The molecule has 17 heavy (non-hydrogen) atoms. The van der Waals surface area contributed by atoms with Crippen LogP contribution in [0.1, 0.15) is 25.0 Å². The van der Waals surface area contributed by atoms with Gasteiger partial charge < -0.3 is 4.74 Å². The Morgan fingerprint density at radius 3 is 2.12 bits per heavy atom. The van der Waals surface area contributed by atoms with Gasteiger partial charge in [0.1, 0.15) is 0 Å². The van der Waals surface area contributed by atoms with Crippen molar-refractivity contribution in [1.82, 2.24) is 4.90 Å². The molecule has 0 saturated carbocycles. The van der Waals surface area contributed by atoms with Crippen molar-refractivity contribution < 1.29 is 4.74 Å². The number of hydrogen-bond acceptors (Lipinski definition) is 2. The van der Waals surface area contributed by atoms with Crippen molar-refractivity contribution in [3.8, 4) is 0 Å². The molecule has 96 valence electrons. The predicted octanol–water partition coefficient (Wildman–Crippen LogP) is 3.28. The number of halogens is 1. The minimum Gasteiger partial charge on any atom is -0.379 e. The summed E-state index contributed by atoms with van der Waals surface area (Å²) in [5.74, 6) is 0.595. The van der Waals surface area contributed by atoms with Gasteiger partial charge in [0, 0.05) is 25.5 Å². The van der Waals surface area contributed by atoms with E-state index in [0.29, 0.717) is 5.88 Å². The SMILES string of the molecule is CC.ClCc1ccc(CN2CCOCC2)cc1. The largest absolute Gasteiger partial charge is 0.379 e. The molecule has 0 spiro atoms. The van der Waals surface area contributed by atoms with E-state index in [2.05, 4.69) is 29.2 Å². The molecular weight excluding hydrogens is 234 g/mol. The number of nitrogens with zero attached hydrogens (tertiary/aromatic N) is 1. The van der Waals surface area contributed by atoms with Gasteiger partial charge in [0.25, 0.3) is 0 Å². The van der Waals surface area contributed by atoms with Crippen LogP contribution in [0.25, 0.3) is 0 Å². The molecule has 1 aliphatic heterocycles. The Kier molecular flexibility index (Phi) is 7.25. The fraction of sp³-hybridized carbons (Fsp3) is 0.571. The first kappa shape index (κ1) is 14.5. The highest BCUT2D eigenvalue weighted by atomic mass is 35.5. The standard InChI is InChI=1S/C12H16ClNO.C2H6/c13-9-11-1-3-12(4-2-11)10-14-5-7-15-8-6-14;1-2/h1-4H,5-10H2;1-2H3. The lowest BCUT2D eigenvalue weighted by Gasteiger charge is -2.26. The van der Waals surface area contributed by atoms with E-state index in [1.165, 1.54) is 11.1 Å². The third-order valence-electron chi connectivity index (χ3n) is 2.69. The van der Waals surface area contributed by atoms with Gasteiger partial charge in [-0.2, -0.15) is 0 Å². The van der Waals surface area contributed by atoms with Crippen LogP contribution in [0.3, 0.4) is 0 Å². The molecule has 1 aromatic carbocycles. The van der Waals surface area contributed by atoms with Crippen molar-refractivity contribution >= 4 is 11.6 Å². The van der Waals surface area contributed by atoms with E-state index in [-0.39, 0.29) is 0 Å². The normalized spacial score (nSPS) is 16.2. The number of benzene rings is 1. The number of rotatable bonds is 3. The lowest BCUT2D eigenvalue weighted by molar-refractivity contribution is 0.0342. The van der Waals surface area contributed by atoms with E-state index in [0.717, 1.165) is 32.8 Å². The Morgan fingerprint density at radius 2 is 1.59 bits per heavy atom. The monoisotopic (exact) mass is 255 g/mol. The van der Waals surface area contributed by atoms with Crippen LogP contribution in [0.15, 0.2) is 24.3 Å². The molecule has 1 aromatic rings. The van der Waals surface area contributed by atoms with Crippen molar-refractivity contribution in [1.29, 1.82) is 0 Å². The first-order valence-corrected chi connectivity index (χ1v) is 6.86. The Labute approximate surface area is 110 Å². The van der Waals surface area contributed by atoms with E-state index in [9.17, 15) is 0 Å². The van der Waals surface area contributed by atoms with Gasteiger partial charge >= 0.3 is 0 Å². The van der Waals surface area contributed by atoms with Crippen LogP contribution in [-0.4, -0.2) is 31.2 Å². The zero-order valence-electron chi connectivity index (χ0n) is 10.8. The second-order valence-electron chi connectivity index (χ2n) is 3.84. The molecule has 0 bridgehead atoms. The van der Waals surface area contributed by atoms with Gasteiger partial charge in [0.15, 0.2) is 0 Å². The topological polar surface area (TPSA) is 12.5 Å². The van der Waals surface area contributed by atoms with Crippen LogP contribution >= 0.6 is 11.6 Å². The Morgan fingerprint density at radius 1 is 1.06 bits per heavy atom. The summed E-state index contributed by atoms with van der Waals surface area (Å²) in [6, 6.07) is 8.52. The molecule has 0 unspecified atom stereocenters. The maximum Gasteiger partial charge on any atom is 0.0594 e. The van der Waals surface area contributed by atoms with Crippen molar-refractivity contribution in [2.45, 2.75) is 26.3 Å². The molecule has 3 heteroatoms. The lowest BCUT2D eigenvalue weighted by Crippen LogP contribution is -2.35. The van der Waals surface area contributed by atoms with Crippen LogP contribution in [0.5, 0.6) is 0 Å². The smallest absolute Gasteiger partial charge is 0.0594 e. The van der Waals surface area contributed by atoms with Crippen LogP contribution in [0.2, 0.25) is 0 Å². The highest BCUT2D eigenvalue weighted by Gasteiger charge is 2.10. The van der Waals surface area contributed by atoms with Crippen molar-refractivity contribution in [3.63, 3.8) is 0 Å². The molecule has 0 aliphatic carbocycles. The summed E-state index contributed by atoms with van der Waals surface area (Å²) in [6.07, 6.45) is 0. The number of ether oxygens (including phenoxy) is 1. The molecule has 0 atom stereocenters. The fourth-order valence-corrected chi connectivity index (χ4v) is 1.93. The van der Waals surface area contributed by atoms with Crippen LogP contribution in [0, 0.1) is 0 Å². The molecule has 0 aromatic heterocycles. The number of alkyl halides is 1. The second kappa shape index (κ2) is 8.51. The summed E-state index contributed by atoms with van der Waals surface area (Å²) in [5, 5.41) is 0. The van der Waals surface area contributed by atoms with E-state index >= 15 is 0 Å². The van der Waals surface area contributed by atoms with E-state index in [1.807, 2.05) is 13.8 Å². The first-order chi connectivity index (χ1) is 8.38. The van der Waals surface area contributed by atoms with E-state index in [4.69, 9.17) is 16.3 Å². The average molecular weight is 256 g/mol. The van der Waals surface area contributed by atoms with E-state index in [1.54, 1.807) is 0 Å². The third kappa shape index (κ3) is 5.07. The summed E-state index contributed by atoms with van der Waals surface area (Å²) in [7, 11) is 0. The second-order valence-corrected chi connectivity index (χ2v) is 4.11. The molecular formula is C14H22ClNO. The Bertz CT molecular complexity index is 294. The van der Waals surface area contributed by atoms with Crippen LogP contribution in [0.4, 0.5) is 0 Å². The Hall–Kier alpha value is -0.570. The molecule has 1 aliphatic rings. The van der Waals surface area contributed by atoms with Crippen molar-refractivity contribution in [3.05, 3.63) is 35.4 Å². The molecule has 0 N–H and O–H groups in total. The third-order valence-corrected chi connectivity index (χ3v) is 3.00. The summed E-state index contributed by atoms with van der Waals surface area (Å²) in [6.45, 7) is 8.82. The summed E-state index contributed by atoms with van der Waals surface area (Å²) in [4.78, 5) is 2.42. The maximum atomic E-state index is 5.74. The molecule has 0 radical (unpaired) electrons. The first-order valence-electron chi connectivity index (χ1n) is 6.32. The minimum absolute atomic E-state index is 0.595. The maximum absolute atomic E-state index is 5.74. The molecule has 1 saturated heterocycles. The minimum atomic E-state index is 0.595. The van der Waals surface area contributed by atoms with Crippen LogP contribution in [-0.2, 0) is 17.2 Å². The summed E-state index contributed by atoms with van der Waals surface area (Å²) >= 11 is 5.74. The fourth-order valence-electron chi connectivity index (χ4n) is 1.75.